The quantitative estimate of drug-likeness (QED) is 0.612. The molecule has 0 fully saturated rings. The zero-order valence-electron chi connectivity index (χ0n) is 6.72. The number of pyridine rings is 1. The van der Waals surface area contributed by atoms with Crippen LogP contribution in [0.5, 0.6) is 0 Å². The fourth-order valence-electron chi connectivity index (χ4n) is 0.789. The maximum atomic E-state index is 12.3. The molecule has 0 N–H and O–H groups in total. The zero-order chi connectivity index (χ0) is 11.8. The molecule has 0 saturated heterocycles. The number of nitrogens with zero attached hydrogens (tertiary/aromatic N) is 1. The minimum Gasteiger partial charge on any atom is -0.222 e. The van der Waals surface area contributed by atoms with Gasteiger partial charge in [-0.2, -0.15) is 0 Å². The lowest BCUT2D eigenvalue weighted by Crippen LogP contribution is -2.00. The smallest absolute Gasteiger partial charge is 0.222 e. The number of aromatic nitrogens is 1. The van der Waals surface area contributed by atoms with Crippen LogP contribution >= 0.6 is 38.2 Å². The average molecular weight is 341 g/mol. The van der Waals surface area contributed by atoms with Crippen molar-refractivity contribution in [1.82, 2.24) is 4.98 Å². The van der Waals surface area contributed by atoms with Crippen molar-refractivity contribution in [1.29, 1.82) is 0 Å². The first-order chi connectivity index (χ1) is 6.73. The Labute approximate surface area is 102 Å². The lowest BCUT2D eigenvalue weighted by atomic mass is 10.3. The second kappa shape index (κ2) is 4.48. The lowest BCUT2D eigenvalue weighted by Gasteiger charge is -2.05. The predicted molar refractivity (Wildman–Crippen MR) is 54.9 cm³/mol. The van der Waals surface area contributed by atoms with E-state index in [-0.39, 0.29) is 4.47 Å². The normalized spacial score (nSPS) is 12.1. The molecule has 0 atom stereocenters. The van der Waals surface area contributed by atoms with Crippen molar-refractivity contribution in [2.45, 2.75) is 11.5 Å². The van der Waals surface area contributed by atoms with Crippen molar-refractivity contribution in [2.75, 3.05) is 0 Å². The molecular formula is C6H2BrCl2F2NO2S. The Bertz CT molecular complexity index is 494. The molecule has 0 radical (unpaired) electrons. The van der Waals surface area contributed by atoms with Crippen molar-refractivity contribution >= 4 is 47.3 Å². The van der Waals surface area contributed by atoms with E-state index in [0.29, 0.717) is 0 Å². The second-order valence-corrected chi connectivity index (χ2v) is 6.09. The fraction of sp³-hybridized carbons (Fsp3) is 0.167. The fourth-order valence-corrected chi connectivity index (χ4v) is 3.16. The molecule has 1 aromatic heterocycles. The molecule has 0 bridgehead atoms. The highest BCUT2D eigenvalue weighted by Gasteiger charge is 2.22. The second-order valence-electron chi connectivity index (χ2n) is 2.39. The third-order valence-corrected chi connectivity index (χ3v) is 3.77. The summed E-state index contributed by atoms with van der Waals surface area (Å²) in [4.78, 5) is 3.28. The first-order valence-corrected chi connectivity index (χ1v) is 6.80. The highest BCUT2D eigenvalue weighted by molar-refractivity contribution is 9.10. The van der Waals surface area contributed by atoms with Crippen LogP contribution < -0.4 is 0 Å². The minimum atomic E-state index is -4.11. The summed E-state index contributed by atoms with van der Waals surface area (Å²) in [6.45, 7) is 0. The summed E-state index contributed by atoms with van der Waals surface area (Å²) in [6, 6.07) is 0.870. The highest BCUT2D eigenvalue weighted by Crippen LogP contribution is 2.32. The van der Waals surface area contributed by atoms with Crippen molar-refractivity contribution in [3.8, 4) is 0 Å². The minimum absolute atomic E-state index is 0.155. The third-order valence-electron chi connectivity index (χ3n) is 1.39. The molecule has 15 heavy (non-hydrogen) atoms. The van der Waals surface area contributed by atoms with Crippen LogP contribution in [0, 0.1) is 0 Å². The number of hydrogen-bond donors (Lipinski definition) is 0. The molecule has 1 heterocycles. The summed E-state index contributed by atoms with van der Waals surface area (Å²) in [6.07, 6.45) is -2.84. The van der Waals surface area contributed by atoms with Crippen LogP contribution in [-0.4, -0.2) is 13.4 Å². The Kier molecular flexibility index (Phi) is 3.91. The van der Waals surface area contributed by atoms with Gasteiger partial charge in [0.05, 0.1) is 10.0 Å². The van der Waals surface area contributed by atoms with Gasteiger partial charge < -0.3 is 0 Å². The standard InChI is InChI=1S/C6H2BrCl2F2NO2S/c7-3-1-2(5(10)11)4(8)12-6(3)15(9,13)14/h1,5H. The van der Waals surface area contributed by atoms with Crippen LogP contribution in [0.4, 0.5) is 8.78 Å². The third kappa shape index (κ3) is 2.99. The van der Waals surface area contributed by atoms with E-state index in [9.17, 15) is 17.2 Å². The molecule has 0 aliphatic rings. The lowest BCUT2D eigenvalue weighted by molar-refractivity contribution is 0.151. The van der Waals surface area contributed by atoms with Crippen molar-refractivity contribution in [3.63, 3.8) is 0 Å². The molecule has 0 spiro atoms. The summed E-state index contributed by atoms with van der Waals surface area (Å²) >= 11 is 8.13. The van der Waals surface area contributed by atoms with Crippen molar-refractivity contribution in [2.24, 2.45) is 0 Å². The van der Waals surface area contributed by atoms with Gasteiger partial charge >= 0.3 is 0 Å². The number of halogens is 5. The largest absolute Gasteiger partial charge is 0.279 e. The van der Waals surface area contributed by atoms with Crippen LogP contribution in [-0.2, 0) is 9.05 Å². The SMILES string of the molecule is O=S(=O)(Cl)c1nc(Cl)c(C(F)F)cc1Br. The van der Waals surface area contributed by atoms with E-state index in [4.69, 9.17) is 22.3 Å². The van der Waals surface area contributed by atoms with E-state index in [1.54, 1.807) is 0 Å². The number of hydrogen-bond acceptors (Lipinski definition) is 3. The number of alkyl halides is 2. The molecule has 0 amide bonds. The van der Waals surface area contributed by atoms with Gasteiger partial charge in [0, 0.05) is 10.7 Å². The van der Waals surface area contributed by atoms with E-state index in [1.807, 2.05) is 0 Å². The van der Waals surface area contributed by atoms with E-state index in [2.05, 4.69) is 20.9 Å². The van der Waals surface area contributed by atoms with Gasteiger partial charge in [0.15, 0.2) is 5.03 Å². The summed E-state index contributed by atoms with van der Waals surface area (Å²) < 4.78 is 46.3. The van der Waals surface area contributed by atoms with Gasteiger partial charge in [-0.25, -0.2) is 22.2 Å². The molecule has 1 aromatic rings. The van der Waals surface area contributed by atoms with Crippen LogP contribution in [0.25, 0.3) is 0 Å². The molecule has 0 aliphatic heterocycles. The number of rotatable bonds is 2. The Hall–Kier alpha value is 0.0200. The first kappa shape index (κ1) is 13.1. The van der Waals surface area contributed by atoms with Gasteiger partial charge in [-0.1, -0.05) is 11.6 Å². The molecule has 1 rings (SSSR count). The van der Waals surface area contributed by atoms with E-state index in [0.717, 1.165) is 6.07 Å². The van der Waals surface area contributed by atoms with Crippen LogP contribution in [0.1, 0.15) is 12.0 Å². The first-order valence-electron chi connectivity index (χ1n) is 3.32. The summed E-state index contributed by atoms with van der Waals surface area (Å²) in [5.74, 6) is 0. The highest BCUT2D eigenvalue weighted by atomic mass is 79.9. The van der Waals surface area contributed by atoms with Crippen LogP contribution in [0.3, 0.4) is 0 Å². The van der Waals surface area contributed by atoms with Crippen molar-refractivity contribution in [3.05, 3.63) is 21.3 Å². The molecule has 84 valence electrons. The topological polar surface area (TPSA) is 47.0 Å². The monoisotopic (exact) mass is 339 g/mol. The summed E-state index contributed by atoms with van der Waals surface area (Å²) in [5, 5.41) is -1.18. The summed E-state index contributed by atoms with van der Waals surface area (Å²) in [5.41, 5.74) is -0.562. The molecule has 0 aromatic carbocycles. The van der Waals surface area contributed by atoms with Gasteiger partial charge in [0.25, 0.3) is 15.5 Å². The molecule has 3 nitrogen and oxygen atoms in total. The summed E-state index contributed by atoms with van der Waals surface area (Å²) in [7, 11) is 0.888. The Morgan fingerprint density at radius 2 is 2.00 bits per heavy atom. The zero-order valence-corrected chi connectivity index (χ0v) is 10.6. The van der Waals surface area contributed by atoms with Crippen LogP contribution in [0.15, 0.2) is 15.6 Å². The average Bonchev–Trinajstić information content (AvgIpc) is 2.06. The Morgan fingerprint density at radius 1 is 1.47 bits per heavy atom. The Balaban J connectivity index is 3.46. The maximum Gasteiger partial charge on any atom is 0.279 e. The maximum absolute atomic E-state index is 12.3. The van der Waals surface area contributed by atoms with Gasteiger partial charge in [-0.05, 0) is 22.0 Å². The van der Waals surface area contributed by atoms with Gasteiger partial charge in [-0.3, -0.25) is 0 Å². The van der Waals surface area contributed by atoms with Gasteiger partial charge in [0.1, 0.15) is 5.15 Å². The molecule has 0 unspecified atom stereocenters. The molecule has 0 aliphatic carbocycles. The molecular weight excluding hydrogens is 339 g/mol. The van der Waals surface area contributed by atoms with E-state index >= 15 is 0 Å². The van der Waals surface area contributed by atoms with Gasteiger partial charge in [-0.15, -0.1) is 0 Å². The van der Waals surface area contributed by atoms with Crippen LogP contribution in [0.2, 0.25) is 5.15 Å². The molecule has 0 saturated carbocycles. The Morgan fingerprint density at radius 3 is 2.40 bits per heavy atom. The molecule has 9 heteroatoms. The van der Waals surface area contributed by atoms with E-state index in [1.165, 1.54) is 0 Å². The van der Waals surface area contributed by atoms with Gasteiger partial charge in [0.2, 0.25) is 0 Å². The predicted octanol–water partition coefficient (Wildman–Crippen LogP) is 3.36. The van der Waals surface area contributed by atoms with Crippen molar-refractivity contribution < 1.29 is 17.2 Å². The van der Waals surface area contributed by atoms with E-state index < -0.39 is 31.2 Å².